The van der Waals surface area contributed by atoms with Crippen molar-refractivity contribution in [2.45, 2.75) is 6.92 Å². The highest BCUT2D eigenvalue weighted by atomic mass is 16.2. The SMILES string of the molecule is C/C(NC(N)=O)=C(\C(=O)NC[C]=O)c1ccccn1. The number of nitrogens with two attached hydrogens (primary N) is 1. The van der Waals surface area contributed by atoms with E-state index in [0.717, 1.165) is 0 Å². The lowest BCUT2D eigenvalue weighted by molar-refractivity contribution is -0.115. The molecule has 3 amide bonds. The molecule has 0 saturated carbocycles. The monoisotopic (exact) mass is 261 g/mol. The Bertz CT molecular complexity index is 511. The summed E-state index contributed by atoms with van der Waals surface area (Å²) in [5.74, 6) is -0.548. The molecule has 4 N–H and O–H groups in total. The van der Waals surface area contributed by atoms with Gasteiger partial charge in [-0.25, -0.2) is 4.79 Å². The zero-order valence-corrected chi connectivity index (χ0v) is 10.3. The minimum absolute atomic E-state index is 0.134. The summed E-state index contributed by atoms with van der Waals surface area (Å²) in [6, 6.07) is 4.19. The third kappa shape index (κ3) is 4.23. The molecule has 0 unspecified atom stereocenters. The van der Waals surface area contributed by atoms with E-state index in [4.69, 9.17) is 5.73 Å². The number of rotatable bonds is 5. The molecule has 0 fully saturated rings. The zero-order chi connectivity index (χ0) is 14.3. The molecule has 0 bridgehead atoms. The lowest BCUT2D eigenvalue weighted by atomic mass is 10.1. The molecule has 99 valence electrons. The van der Waals surface area contributed by atoms with Crippen molar-refractivity contribution >= 4 is 23.8 Å². The van der Waals surface area contributed by atoms with Crippen LogP contribution in [0.4, 0.5) is 4.79 Å². The molecule has 1 rings (SSSR count). The van der Waals surface area contributed by atoms with Crippen molar-refractivity contribution in [1.82, 2.24) is 15.6 Å². The summed E-state index contributed by atoms with van der Waals surface area (Å²) in [6.45, 7) is 1.26. The number of pyridine rings is 1. The number of aromatic nitrogens is 1. The van der Waals surface area contributed by atoms with Crippen LogP contribution in [0.15, 0.2) is 30.1 Å². The molecule has 19 heavy (non-hydrogen) atoms. The van der Waals surface area contributed by atoms with Crippen LogP contribution < -0.4 is 16.4 Å². The molecule has 0 atom stereocenters. The first-order valence-corrected chi connectivity index (χ1v) is 5.38. The summed E-state index contributed by atoms with van der Waals surface area (Å²) in [6.07, 6.45) is 3.05. The van der Waals surface area contributed by atoms with Crippen LogP contribution in [0.2, 0.25) is 0 Å². The highest BCUT2D eigenvalue weighted by molar-refractivity contribution is 6.20. The van der Waals surface area contributed by atoms with Crippen LogP contribution in [0.1, 0.15) is 12.6 Å². The average Bonchev–Trinajstić information content (AvgIpc) is 2.37. The summed E-state index contributed by atoms with van der Waals surface area (Å²) in [7, 11) is 0. The predicted molar refractivity (Wildman–Crippen MR) is 68.3 cm³/mol. The molecule has 0 saturated heterocycles. The lowest BCUT2D eigenvalue weighted by Gasteiger charge is -2.11. The molecule has 1 aromatic heterocycles. The van der Waals surface area contributed by atoms with E-state index in [1.54, 1.807) is 24.5 Å². The van der Waals surface area contributed by atoms with Gasteiger partial charge in [-0.2, -0.15) is 0 Å². The third-order valence-electron chi connectivity index (χ3n) is 2.15. The van der Waals surface area contributed by atoms with E-state index in [9.17, 15) is 14.4 Å². The highest BCUT2D eigenvalue weighted by Crippen LogP contribution is 2.15. The maximum absolute atomic E-state index is 11.9. The van der Waals surface area contributed by atoms with Gasteiger partial charge in [0, 0.05) is 11.9 Å². The Morgan fingerprint density at radius 1 is 1.42 bits per heavy atom. The standard InChI is InChI=1S/C12H13N4O3/c1-8(16-12(13)19)10(11(18)15-6-7-17)9-4-2-3-5-14-9/h2-5H,6H2,1H3,(H,15,18)(H3,13,16,19)/b10-8+. The van der Waals surface area contributed by atoms with E-state index in [1.807, 2.05) is 0 Å². The number of urea groups is 1. The van der Waals surface area contributed by atoms with Crippen LogP contribution >= 0.6 is 0 Å². The molecule has 0 aliphatic carbocycles. The number of hydrogen-bond donors (Lipinski definition) is 3. The van der Waals surface area contributed by atoms with E-state index in [0.29, 0.717) is 5.69 Å². The van der Waals surface area contributed by atoms with Gasteiger partial charge in [0.05, 0.1) is 17.8 Å². The van der Waals surface area contributed by atoms with E-state index in [1.165, 1.54) is 13.1 Å². The summed E-state index contributed by atoms with van der Waals surface area (Å²) in [4.78, 5) is 37.0. The molecule has 0 spiro atoms. The smallest absolute Gasteiger partial charge is 0.316 e. The molecule has 1 heterocycles. The fourth-order valence-electron chi connectivity index (χ4n) is 1.44. The van der Waals surface area contributed by atoms with Gasteiger partial charge in [-0.3, -0.25) is 14.6 Å². The van der Waals surface area contributed by atoms with Gasteiger partial charge in [0.15, 0.2) is 0 Å². The predicted octanol–water partition coefficient (Wildman–Crippen LogP) is -0.293. The van der Waals surface area contributed by atoms with Crippen molar-refractivity contribution in [3.8, 4) is 0 Å². The summed E-state index contributed by atoms with van der Waals surface area (Å²) in [5, 5.41) is 4.65. The number of nitrogens with zero attached hydrogens (tertiary/aromatic N) is 1. The van der Waals surface area contributed by atoms with E-state index >= 15 is 0 Å². The second-order valence-electron chi connectivity index (χ2n) is 3.53. The average molecular weight is 261 g/mol. The van der Waals surface area contributed by atoms with Crippen molar-refractivity contribution in [2.24, 2.45) is 5.73 Å². The lowest BCUT2D eigenvalue weighted by Crippen LogP contribution is -2.32. The normalized spacial score (nSPS) is 11.2. The van der Waals surface area contributed by atoms with Gasteiger partial charge in [0.25, 0.3) is 5.91 Å². The van der Waals surface area contributed by atoms with Crippen molar-refractivity contribution < 1.29 is 14.4 Å². The van der Waals surface area contributed by atoms with Gasteiger partial charge < -0.3 is 16.4 Å². The maximum Gasteiger partial charge on any atom is 0.316 e. The first-order valence-electron chi connectivity index (χ1n) is 5.38. The maximum atomic E-state index is 11.9. The minimum Gasteiger partial charge on any atom is -0.351 e. The van der Waals surface area contributed by atoms with Gasteiger partial charge in [0.1, 0.15) is 0 Å². The molecular weight excluding hydrogens is 248 g/mol. The number of carbonyl (C=O) groups is 2. The summed E-state index contributed by atoms with van der Waals surface area (Å²) in [5.41, 5.74) is 5.75. The fourth-order valence-corrected chi connectivity index (χ4v) is 1.44. The van der Waals surface area contributed by atoms with Gasteiger partial charge in [-0.15, -0.1) is 0 Å². The van der Waals surface area contributed by atoms with Crippen molar-refractivity contribution in [2.75, 3.05) is 6.54 Å². The van der Waals surface area contributed by atoms with E-state index in [-0.39, 0.29) is 17.8 Å². The molecule has 0 aromatic carbocycles. The third-order valence-corrected chi connectivity index (χ3v) is 2.15. The van der Waals surface area contributed by atoms with Crippen LogP contribution in [0, 0.1) is 0 Å². The second kappa shape index (κ2) is 6.90. The Kier molecular flexibility index (Phi) is 5.21. The van der Waals surface area contributed by atoms with Gasteiger partial charge in [-0.05, 0) is 19.1 Å². The van der Waals surface area contributed by atoms with Crippen molar-refractivity contribution in [3.63, 3.8) is 0 Å². The van der Waals surface area contributed by atoms with Gasteiger partial charge in [-0.1, -0.05) is 6.07 Å². The van der Waals surface area contributed by atoms with Crippen LogP contribution in [0.3, 0.4) is 0 Å². The Labute approximate surface area is 109 Å². The van der Waals surface area contributed by atoms with Gasteiger partial charge >= 0.3 is 6.03 Å². The molecular formula is C12H13N4O3. The first-order chi connectivity index (χ1) is 9.06. The van der Waals surface area contributed by atoms with Crippen LogP contribution in [-0.2, 0) is 9.59 Å². The first kappa shape index (κ1) is 14.4. The Hall–Kier alpha value is -2.70. The molecule has 1 radical (unpaired) electrons. The van der Waals surface area contributed by atoms with Crippen LogP contribution in [-0.4, -0.2) is 29.8 Å². The molecule has 7 heteroatoms. The van der Waals surface area contributed by atoms with Gasteiger partial charge in [0.2, 0.25) is 6.29 Å². The molecule has 0 aliphatic heterocycles. The Morgan fingerprint density at radius 2 is 2.16 bits per heavy atom. The molecule has 1 aromatic rings. The van der Waals surface area contributed by atoms with Crippen molar-refractivity contribution in [3.05, 3.63) is 35.8 Å². The van der Waals surface area contributed by atoms with E-state index in [2.05, 4.69) is 15.6 Å². The number of nitrogens with one attached hydrogen (secondary N) is 2. The molecule has 0 aliphatic rings. The van der Waals surface area contributed by atoms with Crippen LogP contribution in [0.5, 0.6) is 0 Å². The number of carbonyl (C=O) groups excluding carboxylic acids is 3. The second-order valence-corrected chi connectivity index (χ2v) is 3.53. The topological polar surface area (TPSA) is 114 Å². The quantitative estimate of drug-likeness (QED) is 0.631. The number of hydrogen-bond acceptors (Lipinski definition) is 4. The fraction of sp³-hybridized carbons (Fsp3) is 0.167. The van der Waals surface area contributed by atoms with Crippen molar-refractivity contribution in [1.29, 1.82) is 0 Å². The zero-order valence-electron chi connectivity index (χ0n) is 10.3. The number of primary amides is 1. The summed E-state index contributed by atoms with van der Waals surface area (Å²) >= 11 is 0. The Balaban J connectivity index is 3.14. The minimum atomic E-state index is -0.791. The number of allylic oxidation sites excluding steroid dienone is 1. The van der Waals surface area contributed by atoms with E-state index < -0.39 is 11.9 Å². The summed E-state index contributed by atoms with van der Waals surface area (Å²) < 4.78 is 0. The number of amides is 3. The highest BCUT2D eigenvalue weighted by Gasteiger charge is 2.17. The Morgan fingerprint density at radius 3 is 2.68 bits per heavy atom. The molecule has 7 nitrogen and oxygen atoms in total. The van der Waals surface area contributed by atoms with Crippen LogP contribution in [0.25, 0.3) is 5.57 Å². The largest absolute Gasteiger partial charge is 0.351 e.